The maximum atomic E-state index is 12.7. The highest BCUT2D eigenvalue weighted by Crippen LogP contribution is 2.21. The molecule has 0 amide bonds. The number of ether oxygens (including phenoxy) is 2. The summed E-state index contributed by atoms with van der Waals surface area (Å²) >= 11 is 0. The molecule has 112 valence electrons. The normalized spacial score (nSPS) is 18.3. The summed E-state index contributed by atoms with van der Waals surface area (Å²) in [6.45, 7) is 3.08. The van der Waals surface area contributed by atoms with E-state index in [2.05, 4.69) is 4.72 Å². The predicted molar refractivity (Wildman–Crippen MR) is 72.0 cm³/mol. The van der Waals surface area contributed by atoms with Crippen molar-refractivity contribution in [1.82, 2.24) is 4.72 Å². The van der Waals surface area contributed by atoms with Crippen LogP contribution in [0.4, 0.5) is 4.39 Å². The molecule has 0 bridgehead atoms. The van der Waals surface area contributed by atoms with E-state index in [1.807, 2.05) is 0 Å². The summed E-state index contributed by atoms with van der Waals surface area (Å²) in [6, 6.07) is 5.40. The summed E-state index contributed by atoms with van der Waals surface area (Å²) in [5.74, 6) is -1.27. The van der Waals surface area contributed by atoms with E-state index in [-0.39, 0.29) is 18.1 Å². The van der Waals surface area contributed by atoms with Crippen LogP contribution in [-0.2, 0) is 25.2 Å². The molecule has 0 unspecified atom stereocenters. The molecule has 1 aromatic carbocycles. The molecule has 1 heterocycles. The molecule has 1 aliphatic heterocycles. The molecule has 1 aromatic rings. The van der Waals surface area contributed by atoms with Crippen molar-refractivity contribution >= 4 is 10.0 Å². The lowest BCUT2D eigenvalue weighted by molar-refractivity contribution is -0.145. The first-order chi connectivity index (χ1) is 9.39. The highest BCUT2D eigenvalue weighted by Gasteiger charge is 2.30. The Morgan fingerprint density at radius 2 is 1.85 bits per heavy atom. The summed E-state index contributed by atoms with van der Waals surface area (Å²) in [5, 5.41) is 0. The van der Waals surface area contributed by atoms with Crippen molar-refractivity contribution in [2.24, 2.45) is 0 Å². The fourth-order valence-electron chi connectivity index (χ4n) is 1.99. The molecule has 2 rings (SSSR count). The molecule has 7 heteroatoms. The standard InChI is InChI=1S/C13H18FNO4S/c1-13(18-8-9-19-13)6-7-15-20(16,17)10-11-2-4-12(14)5-3-11/h2-5,15H,6-10H2,1H3. The third-order valence-corrected chi connectivity index (χ3v) is 4.43. The van der Waals surface area contributed by atoms with Gasteiger partial charge in [0.2, 0.25) is 10.0 Å². The average Bonchev–Trinajstić information content (AvgIpc) is 2.79. The molecule has 1 aliphatic rings. The van der Waals surface area contributed by atoms with E-state index in [1.165, 1.54) is 24.3 Å². The van der Waals surface area contributed by atoms with E-state index >= 15 is 0 Å². The smallest absolute Gasteiger partial charge is 0.215 e. The first kappa shape index (κ1) is 15.4. The van der Waals surface area contributed by atoms with E-state index in [0.717, 1.165) is 0 Å². The number of nitrogens with one attached hydrogen (secondary N) is 1. The number of hydrogen-bond donors (Lipinski definition) is 1. The molecule has 1 saturated heterocycles. The first-order valence-electron chi connectivity index (χ1n) is 6.38. The van der Waals surface area contributed by atoms with Crippen LogP contribution in [0.1, 0.15) is 18.9 Å². The zero-order valence-electron chi connectivity index (χ0n) is 11.3. The lowest BCUT2D eigenvalue weighted by atomic mass is 10.2. The van der Waals surface area contributed by atoms with Gasteiger partial charge in [0, 0.05) is 13.0 Å². The van der Waals surface area contributed by atoms with E-state index in [4.69, 9.17) is 9.47 Å². The van der Waals surface area contributed by atoms with Gasteiger partial charge in [0.1, 0.15) is 5.82 Å². The number of sulfonamides is 1. The fourth-order valence-corrected chi connectivity index (χ4v) is 3.13. The zero-order valence-corrected chi connectivity index (χ0v) is 12.1. The van der Waals surface area contributed by atoms with Gasteiger partial charge in [-0.2, -0.15) is 0 Å². The van der Waals surface area contributed by atoms with Crippen molar-refractivity contribution < 1.29 is 22.3 Å². The Balaban J connectivity index is 1.83. The average molecular weight is 303 g/mol. The van der Waals surface area contributed by atoms with Crippen LogP contribution in [0, 0.1) is 5.82 Å². The van der Waals surface area contributed by atoms with Crippen LogP contribution in [-0.4, -0.2) is 34.0 Å². The van der Waals surface area contributed by atoms with Gasteiger partial charge in [-0.15, -0.1) is 0 Å². The SMILES string of the molecule is CC1(CCNS(=O)(=O)Cc2ccc(F)cc2)OCCO1. The summed E-state index contributed by atoms with van der Waals surface area (Å²) in [6.07, 6.45) is 0.440. The van der Waals surface area contributed by atoms with Crippen LogP contribution in [0.2, 0.25) is 0 Å². The first-order valence-corrected chi connectivity index (χ1v) is 8.04. The van der Waals surface area contributed by atoms with Crippen LogP contribution in [0.5, 0.6) is 0 Å². The quantitative estimate of drug-likeness (QED) is 0.863. The second kappa shape index (κ2) is 6.17. The molecule has 0 saturated carbocycles. The second-order valence-electron chi connectivity index (χ2n) is 4.86. The number of hydrogen-bond acceptors (Lipinski definition) is 4. The van der Waals surface area contributed by atoms with Crippen LogP contribution in [0.3, 0.4) is 0 Å². The summed E-state index contributed by atoms with van der Waals surface area (Å²) in [7, 11) is -3.45. The lowest BCUT2D eigenvalue weighted by Crippen LogP contribution is -2.34. The molecular formula is C13H18FNO4S. The van der Waals surface area contributed by atoms with Gasteiger partial charge >= 0.3 is 0 Å². The van der Waals surface area contributed by atoms with Gasteiger partial charge in [-0.25, -0.2) is 17.5 Å². The third kappa shape index (κ3) is 4.52. The van der Waals surface area contributed by atoms with Crippen molar-refractivity contribution in [3.05, 3.63) is 35.6 Å². The molecule has 0 spiro atoms. The lowest BCUT2D eigenvalue weighted by Gasteiger charge is -2.22. The van der Waals surface area contributed by atoms with E-state index in [0.29, 0.717) is 25.2 Å². The van der Waals surface area contributed by atoms with Crippen molar-refractivity contribution in [1.29, 1.82) is 0 Å². The van der Waals surface area contributed by atoms with Gasteiger partial charge in [-0.05, 0) is 24.6 Å². The fraction of sp³-hybridized carbons (Fsp3) is 0.538. The predicted octanol–water partition coefficient (Wildman–Crippen LogP) is 1.40. The Bertz CT molecular complexity index is 538. The van der Waals surface area contributed by atoms with Crippen molar-refractivity contribution in [2.75, 3.05) is 19.8 Å². The summed E-state index contributed by atoms with van der Waals surface area (Å²) < 4.78 is 49.8. The van der Waals surface area contributed by atoms with Gasteiger partial charge in [0.15, 0.2) is 5.79 Å². The Labute approximate surface area is 118 Å². The van der Waals surface area contributed by atoms with Gasteiger partial charge < -0.3 is 9.47 Å². The van der Waals surface area contributed by atoms with Gasteiger partial charge in [-0.3, -0.25) is 0 Å². The zero-order chi connectivity index (χ0) is 14.6. The third-order valence-electron chi connectivity index (χ3n) is 3.07. The van der Waals surface area contributed by atoms with E-state index < -0.39 is 15.8 Å². The van der Waals surface area contributed by atoms with E-state index in [1.54, 1.807) is 6.92 Å². The van der Waals surface area contributed by atoms with Gasteiger partial charge in [-0.1, -0.05) is 12.1 Å². The highest BCUT2D eigenvalue weighted by atomic mass is 32.2. The van der Waals surface area contributed by atoms with Crippen molar-refractivity contribution in [2.45, 2.75) is 24.9 Å². The van der Waals surface area contributed by atoms with Crippen molar-refractivity contribution in [3.8, 4) is 0 Å². The molecule has 0 radical (unpaired) electrons. The Hall–Kier alpha value is -1.02. The molecule has 1 N–H and O–H groups in total. The summed E-state index contributed by atoms with van der Waals surface area (Å²) in [4.78, 5) is 0. The Morgan fingerprint density at radius 3 is 2.45 bits per heavy atom. The minimum Gasteiger partial charge on any atom is -0.348 e. The highest BCUT2D eigenvalue weighted by molar-refractivity contribution is 7.88. The number of halogens is 1. The molecule has 1 fully saturated rings. The van der Waals surface area contributed by atoms with Gasteiger partial charge in [0.25, 0.3) is 0 Å². The van der Waals surface area contributed by atoms with Crippen LogP contribution < -0.4 is 4.72 Å². The second-order valence-corrected chi connectivity index (χ2v) is 6.67. The van der Waals surface area contributed by atoms with Crippen LogP contribution in [0.15, 0.2) is 24.3 Å². The molecule has 0 aromatic heterocycles. The maximum absolute atomic E-state index is 12.7. The largest absolute Gasteiger partial charge is 0.348 e. The maximum Gasteiger partial charge on any atom is 0.215 e. The van der Waals surface area contributed by atoms with Gasteiger partial charge in [0.05, 0.1) is 19.0 Å². The molecule has 0 atom stereocenters. The van der Waals surface area contributed by atoms with Crippen LogP contribution >= 0.6 is 0 Å². The Morgan fingerprint density at radius 1 is 1.25 bits per heavy atom. The summed E-state index contributed by atoms with van der Waals surface area (Å²) in [5.41, 5.74) is 0.540. The minimum absolute atomic E-state index is 0.175. The van der Waals surface area contributed by atoms with Crippen LogP contribution in [0.25, 0.3) is 0 Å². The topological polar surface area (TPSA) is 64.6 Å². The van der Waals surface area contributed by atoms with E-state index in [9.17, 15) is 12.8 Å². The number of rotatable bonds is 6. The molecular weight excluding hydrogens is 285 g/mol. The molecule has 5 nitrogen and oxygen atoms in total. The van der Waals surface area contributed by atoms with Crippen molar-refractivity contribution in [3.63, 3.8) is 0 Å². The minimum atomic E-state index is -3.45. The monoisotopic (exact) mass is 303 g/mol. The number of benzene rings is 1. The Kier molecular flexibility index (Phi) is 4.74. The molecule has 20 heavy (non-hydrogen) atoms. The molecule has 0 aliphatic carbocycles.